The molecule has 3 aromatic carbocycles. The molecule has 0 saturated heterocycles. The van der Waals surface area contributed by atoms with E-state index in [4.69, 9.17) is 0 Å². The summed E-state index contributed by atoms with van der Waals surface area (Å²) in [5.41, 5.74) is 6.12. The summed E-state index contributed by atoms with van der Waals surface area (Å²) in [6, 6.07) is 27.8. The fraction of sp³-hybridized carbons (Fsp3) is 0.136. The van der Waals surface area contributed by atoms with Crippen LogP contribution in [0.2, 0.25) is 0 Å². The van der Waals surface area contributed by atoms with E-state index >= 15 is 0 Å². The lowest BCUT2D eigenvalue weighted by molar-refractivity contribution is 0.973. The lowest BCUT2D eigenvalue weighted by atomic mass is 9.84. The Morgan fingerprint density at radius 2 is 1.35 bits per heavy atom. The Labute approximate surface area is 138 Å². The van der Waals surface area contributed by atoms with E-state index in [0.29, 0.717) is 0 Å². The summed E-state index contributed by atoms with van der Waals surface area (Å²) in [6.07, 6.45) is 1.86. The molecule has 0 aliphatic heterocycles. The van der Waals surface area contributed by atoms with Crippen molar-refractivity contribution in [1.82, 2.24) is 0 Å². The van der Waals surface area contributed by atoms with E-state index in [1.54, 1.807) is 0 Å². The molecule has 0 aliphatic rings. The van der Waals surface area contributed by atoms with E-state index in [1.807, 2.05) is 13.1 Å². The molecule has 23 heavy (non-hydrogen) atoms. The molecule has 0 saturated carbocycles. The molecule has 0 unspecified atom stereocenters. The Morgan fingerprint density at radius 3 is 1.87 bits per heavy atom. The Morgan fingerprint density at radius 1 is 0.783 bits per heavy atom. The largest absolute Gasteiger partial charge is 0.261 e. The highest BCUT2D eigenvalue weighted by molar-refractivity contribution is 5.65. The number of aryl methyl sites for hydroxylation is 1. The number of rotatable bonds is 4. The first-order valence-electron chi connectivity index (χ1n) is 7.98. The molecule has 1 heteroatoms. The SMILES string of the molecule is CC=Nc1ccc(C)cc1C(c1ccccc1)c1ccccc1. The van der Waals surface area contributed by atoms with Gasteiger partial charge in [0.25, 0.3) is 0 Å². The van der Waals surface area contributed by atoms with E-state index in [1.165, 1.54) is 22.3 Å². The molecule has 3 aromatic rings. The molecule has 3 rings (SSSR count). The summed E-state index contributed by atoms with van der Waals surface area (Å²) in [5, 5.41) is 0. The number of aliphatic imine (C=N–C) groups is 1. The van der Waals surface area contributed by atoms with Crippen LogP contribution in [0.3, 0.4) is 0 Å². The van der Waals surface area contributed by atoms with Crippen LogP contribution >= 0.6 is 0 Å². The molecular formula is C22H21N. The first-order chi connectivity index (χ1) is 11.3. The topological polar surface area (TPSA) is 12.4 Å². The van der Waals surface area contributed by atoms with Crippen molar-refractivity contribution in [3.63, 3.8) is 0 Å². The van der Waals surface area contributed by atoms with Gasteiger partial charge in [0.05, 0.1) is 5.69 Å². The Kier molecular flexibility index (Phi) is 4.68. The summed E-state index contributed by atoms with van der Waals surface area (Å²) in [5.74, 6) is 0.191. The average Bonchev–Trinajstić information content (AvgIpc) is 2.60. The van der Waals surface area contributed by atoms with Crippen LogP contribution in [0, 0.1) is 6.92 Å². The summed E-state index contributed by atoms with van der Waals surface area (Å²) >= 11 is 0. The third kappa shape index (κ3) is 3.40. The Balaban J connectivity index is 2.23. The lowest BCUT2D eigenvalue weighted by Crippen LogP contribution is -2.04. The maximum absolute atomic E-state index is 4.59. The van der Waals surface area contributed by atoms with E-state index in [2.05, 4.69) is 90.8 Å². The predicted molar refractivity (Wildman–Crippen MR) is 98.8 cm³/mol. The molecule has 0 bridgehead atoms. The maximum atomic E-state index is 4.59. The predicted octanol–water partition coefficient (Wildman–Crippen LogP) is 5.90. The standard InChI is InChI=1S/C22H21N/c1-3-23-21-15-14-17(2)16-20(21)22(18-10-6-4-7-11-18)19-12-8-5-9-13-19/h3-16,22H,1-2H3. The minimum Gasteiger partial charge on any atom is -0.261 e. The molecule has 0 radical (unpaired) electrons. The first-order valence-corrected chi connectivity index (χ1v) is 7.98. The van der Waals surface area contributed by atoms with Crippen molar-refractivity contribution in [2.24, 2.45) is 4.99 Å². The van der Waals surface area contributed by atoms with Gasteiger partial charge in [0.15, 0.2) is 0 Å². The molecule has 1 nitrogen and oxygen atoms in total. The van der Waals surface area contributed by atoms with Crippen LogP contribution in [0.25, 0.3) is 0 Å². The lowest BCUT2D eigenvalue weighted by Gasteiger charge is -2.21. The normalized spacial score (nSPS) is 11.3. The molecule has 0 spiro atoms. The molecule has 0 aromatic heterocycles. The third-order valence-corrected chi connectivity index (χ3v) is 4.03. The van der Waals surface area contributed by atoms with Gasteiger partial charge in [-0.3, -0.25) is 4.99 Å². The second-order valence-electron chi connectivity index (χ2n) is 5.70. The molecule has 0 amide bonds. The van der Waals surface area contributed by atoms with Crippen LogP contribution in [0.5, 0.6) is 0 Å². The molecule has 0 atom stereocenters. The molecule has 0 aliphatic carbocycles. The minimum absolute atomic E-state index is 0.191. The van der Waals surface area contributed by atoms with Crippen molar-refractivity contribution in [3.05, 3.63) is 101 Å². The third-order valence-electron chi connectivity index (χ3n) is 4.03. The summed E-state index contributed by atoms with van der Waals surface area (Å²) in [7, 11) is 0. The zero-order chi connectivity index (χ0) is 16.1. The summed E-state index contributed by atoms with van der Waals surface area (Å²) < 4.78 is 0. The fourth-order valence-corrected chi connectivity index (χ4v) is 3.00. The van der Waals surface area contributed by atoms with Crippen LogP contribution in [-0.4, -0.2) is 6.21 Å². The average molecular weight is 299 g/mol. The number of nitrogens with zero attached hydrogens (tertiary/aromatic N) is 1. The van der Waals surface area contributed by atoms with Gasteiger partial charge in [-0.2, -0.15) is 0 Å². The van der Waals surface area contributed by atoms with E-state index in [0.717, 1.165) is 5.69 Å². The highest BCUT2D eigenvalue weighted by Gasteiger charge is 2.19. The zero-order valence-electron chi connectivity index (χ0n) is 13.6. The quantitative estimate of drug-likeness (QED) is 0.420. The van der Waals surface area contributed by atoms with Crippen molar-refractivity contribution < 1.29 is 0 Å². The second-order valence-corrected chi connectivity index (χ2v) is 5.70. The Hall–Kier alpha value is -2.67. The summed E-state index contributed by atoms with van der Waals surface area (Å²) in [6.45, 7) is 4.10. The van der Waals surface area contributed by atoms with Gasteiger partial charge in [-0.15, -0.1) is 0 Å². The zero-order valence-corrected chi connectivity index (χ0v) is 13.6. The van der Waals surface area contributed by atoms with Gasteiger partial charge in [0, 0.05) is 12.1 Å². The van der Waals surface area contributed by atoms with Crippen LogP contribution in [0.15, 0.2) is 83.9 Å². The molecule has 0 heterocycles. The van der Waals surface area contributed by atoms with Crippen molar-refractivity contribution >= 4 is 11.9 Å². The van der Waals surface area contributed by atoms with Crippen LogP contribution in [0.4, 0.5) is 5.69 Å². The van der Waals surface area contributed by atoms with Crippen LogP contribution in [-0.2, 0) is 0 Å². The first kappa shape index (κ1) is 15.2. The van der Waals surface area contributed by atoms with E-state index in [-0.39, 0.29) is 5.92 Å². The van der Waals surface area contributed by atoms with Gasteiger partial charge in [0.2, 0.25) is 0 Å². The molecule has 0 N–H and O–H groups in total. The van der Waals surface area contributed by atoms with Crippen molar-refractivity contribution in [3.8, 4) is 0 Å². The van der Waals surface area contributed by atoms with E-state index < -0.39 is 0 Å². The number of hydrogen-bond acceptors (Lipinski definition) is 1. The van der Waals surface area contributed by atoms with Gasteiger partial charge in [-0.05, 0) is 36.6 Å². The van der Waals surface area contributed by atoms with Gasteiger partial charge in [-0.1, -0.05) is 78.4 Å². The van der Waals surface area contributed by atoms with Gasteiger partial charge in [0.1, 0.15) is 0 Å². The highest BCUT2D eigenvalue weighted by Crippen LogP contribution is 2.37. The number of benzene rings is 3. The minimum atomic E-state index is 0.191. The van der Waals surface area contributed by atoms with Crippen molar-refractivity contribution in [1.29, 1.82) is 0 Å². The van der Waals surface area contributed by atoms with E-state index in [9.17, 15) is 0 Å². The van der Waals surface area contributed by atoms with Gasteiger partial charge < -0.3 is 0 Å². The number of hydrogen-bond donors (Lipinski definition) is 0. The molecular weight excluding hydrogens is 278 g/mol. The van der Waals surface area contributed by atoms with Crippen LogP contribution in [0.1, 0.15) is 35.1 Å². The second kappa shape index (κ2) is 7.06. The van der Waals surface area contributed by atoms with Crippen molar-refractivity contribution in [2.75, 3.05) is 0 Å². The van der Waals surface area contributed by atoms with Crippen LogP contribution < -0.4 is 0 Å². The van der Waals surface area contributed by atoms with Gasteiger partial charge >= 0.3 is 0 Å². The summed E-state index contributed by atoms with van der Waals surface area (Å²) in [4.78, 5) is 4.59. The Bertz CT molecular complexity index is 749. The maximum Gasteiger partial charge on any atom is 0.0667 e. The fourth-order valence-electron chi connectivity index (χ4n) is 3.00. The highest BCUT2D eigenvalue weighted by atomic mass is 14.7. The van der Waals surface area contributed by atoms with Gasteiger partial charge in [-0.25, -0.2) is 0 Å². The van der Waals surface area contributed by atoms with Crippen molar-refractivity contribution in [2.45, 2.75) is 19.8 Å². The monoisotopic (exact) mass is 299 g/mol. The molecule has 114 valence electrons. The smallest absolute Gasteiger partial charge is 0.0667 e. The molecule has 0 fully saturated rings.